The number of benzene rings is 1. The molecule has 1 aliphatic heterocycles. The van der Waals surface area contributed by atoms with E-state index < -0.39 is 0 Å². The number of hydrogen-bond donors (Lipinski definition) is 1. The summed E-state index contributed by atoms with van der Waals surface area (Å²) in [5.41, 5.74) is 1.09. The Morgan fingerprint density at radius 2 is 2.00 bits per heavy atom. The zero-order valence-corrected chi connectivity index (χ0v) is 6.92. The van der Waals surface area contributed by atoms with Crippen LogP contribution in [0.4, 0.5) is 5.69 Å². The molecule has 0 fully saturated rings. The van der Waals surface area contributed by atoms with E-state index >= 15 is 0 Å². The van der Waals surface area contributed by atoms with E-state index in [0.717, 1.165) is 11.4 Å². The molecule has 1 heterocycles. The highest BCUT2D eigenvalue weighted by Gasteiger charge is 2.06. The molecule has 0 aromatic heterocycles. The third-order valence-electron chi connectivity index (χ3n) is 1.38. The second kappa shape index (κ2) is 3.86. The Hall–Kier alpha value is -1.18. The maximum absolute atomic E-state index is 5.19. The minimum Gasteiger partial charge on any atom is -0.471 e. The van der Waals surface area contributed by atoms with Crippen LogP contribution in [0.3, 0.4) is 0 Å². The predicted molar refractivity (Wildman–Crippen MR) is 46.9 cm³/mol. The Bertz CT molecular complexity index is 200. The molecule has 0 amide bonds. The molecule has 1 aromatic rings. The Kier molecular flexibility index (Phi) is 2.78. The molecule has 60 valence electrons. The summed E-state index contributed by atoms with van der Waals surface area (Å²) < 4.78 is 5.19. The van der Waals surface area contributed by atoms with Crippen LogP contribution in [0, 0.1) is 0 Å². The average Bonchev–Trinajstić information content (AvgIpc) is 2.55. The van der Waals surface area contributed by atoms with Crippen molar-refractivity contribution in [3.8, 4) is 5.75 Å². The van der Waals surface area contributed by atoms with Gasteiger partial charge in [0.2, 0.25) is 0 Å². The minimum absolute atomic E-state index is 0.610. The van der Waals surface area contributed by atoms with Gasteiger partial charge in [0.05, 0.1) is 5.69 Å². The van der Waals surface area contributed by atoms with Gasteiger partial charge in [-0.15, -0.1) is 0 Å². The van der Waals surface area contributed by atoms with Crippen molar-refractivity contribution in [3.63, 3.8) is 0 Å². The van der Waals surface area contributed by atoms with Crippen LogP contribution in [0.15, 0.2) is 24.3 Å². The highest BCUT2D eigenvalue weighted by Crippen LogP contribution is 2.27. The Labute approximate surface area is 67.2 Å². The van der Waals surface area contributed by atoms with Crippen LogP contribution in [-0.4, -0.2) is 6.73 Å². The van der Waals surface area contributed by atoms with Gasteiger partial charge in [0.25, 0.3) is 0 Å². The summed E-state index contributed by atoms with van der Waals surface area (Å²) in [5, 5.41) is 3.08. The molecule has 0 saturated carbocycles. The summed E-state index contributed by atoms with van der Waals surface area (Å²) in [4.78, 5) is 0. The lowest BCUT2D eigenvalue weighted by Gasteiger charge is -1.91. The van der Waals surface area contributed by atoms with E-state index in [4.69, 9.17) is 4.74 Å². The molecule has 0 saturated heterocycles. The van der Waals surface area contributed by atoms with Crippen molar-refractivity contribution in [2.45, 2.75) is 13.8 Å². The zero-order valence-electron chi connectivity index (χ0n) is 6.92. The van der Waals surface area contributed by atoms with E-state index in [2.05, 4.69) is 5.32 Å². The molecule has 0 aliphatic carbocycles. The van der Waals surface area contributed by atoms with Gasteiger partial charge in [0.1, 0.15) is 5.75 Å². The first-order chi connectivity index (χ1) is 5.47. The van der Waals surface area contributed by atoms with Crippen LogP contribution < -0.4 is 10.1 Å². The van der Waals surface area contributed by atoms with E-state index in [1.54, 1.807) is 0 Å². The highest BCUT2D eigenvalue weighted by atomic mass is 16.5. The van der Waals surface area contributed by atoms with Crippen LogP contribution in [-0.2, 0) is 0 Å². The Balaban J connectivity index is 0.000000281. The molecular formula is C9H13NO. The minimum atomic E-state index is 0.610. The first-order valence-corrected chi connectivity index (χ1v) is 3.92. The van der Waals surface area contributed by atoms with Crippen LogP contribution in [0.25, 0.3) is 0 Å². The monoisotopic (exact) mass is 151 g/mol. The van der Waals surface area contributed by atoms with Crippen molar-refractivity contribution in [3.05, 3.63) is 24.3 Å². The van der Waals surface area contributed by atoms with Gasteiger partial charge in [-0.2, -0.15) is 0 Å². The van der Waals surface area contributed by atoms with Gasteiger partial charge in [0.15, 0.2) is 6.73 Å². The van der Waals surface area contributed by atoms with Crippen LogP contribution in [0.2, 0.25) is 0 Å². The number of nitrogens with one attached hydrogen (secondary N) is 1. The molecular weight excluding hydrogens is 138 g/mol. The van der Waals surface area contributed by atoms with E-state index in [1.165, 1.54) is 0 Å². The second-order valence-electron chi connectivity index (χ2n) is 1.96. The summed E-state index contributed by atoms with van der Waals surface area (Å²) in [6.45, 7) is 4.61. The van der Waals surface area contributed by atoms with Crippen LogP contribution >= 0.6 is 0 Å². The van der Waals surface area contributed by atoms with Gasteiger partial charge in [-0.1, -0.05) is 26.0 Å². The van der Waals surface area contributed by atoms with E-state index in [1.807, 2.05) is 38.1 Å². The standard InChI is InChI=1S/C7H7NO.C2H6/c1-2-4-7-6(3-1)8-5-9-7;1-2/h1-4,8H,5H2;1-2H3. The lowest BCUT2D eigenvalue weighted by Crippen LogP contribution is -1.96. The third kappa shape index (κ3) is 1.64. The molecule has 0 radical (unpaired) electrons. The fourth-order valence-corrected chi connectivity index (χ4v) is 0.930. The van der Waals surface area contributed by atoms with Crippen molar-refractivity contribution in [2.75, 3.05) is 12.0 Å². The molecule has 2 rings (SSSR count). The number of ether oxygens (including phenoxy) is 1. The number of fused-ring (bicyclic) bond motifs is 1. The zero-order chi connectivity index (χ0) is 8.10. The smallest absolute Gasteiger partial charge is 0.159 e. The first-order valence-electron chi connectivity index (χ1n) is 3.92. The van der Waals surface area contributed by atoms with Gasteiger partial charge < -0.3 is 10.1 Å². The first kappa shape index (κ1) is 7.92. The molecule has 11 heavy (non-hydrogen) atoms. The predicted octanol–water partition coefficient (Wildman–Crippen LogP) is 2.47. The fourth-order valence-electron chi connectivity index (χ4n) is 0.930. The van der Waals surface area contributed by atoms with Crippen LogP contribution in [0.5, 0.6) is 5.75 Å². The lowest BCUT2D eigenvalue weighted by atomic mass is 10.3. The van der Waals surface area contributed by atoms with Gasteiger partial charge in [-0.3, -0.25) is 0 Å². The maximum Gasteiger partial charge on any atom is 0.159 e. The molecule has 1 aromatic carbocycles. The highest BCUT2D eigenvalue weighted by molar-refractivity contribution is 5.58. The van der Waals surface area contributed by atoms with Crippen molar-refractivity contribution in [2.24, 2.45) is 0 Å². The Morgan fingerprint density at radius 3 is 2.73 bits per heavy atom. The van der Waals surface area contributed by atoms with Gasteiger partial charge in [-0.25, -0.2) is 0 Å². The van der Waals surface area contributed by atoms with Gasteiger partial charge >= 0.3 is 0 Å². The number of para-hydroxylation sites is 2. The van der Waals surface area contributed by atoms with E-state index in [0.29, 0.717) is 6.73 Å². The molecule has 0 unspecified atom stereocenters. The number of hydrogen-bond acceptors (Lipinski definition) is 2. The van der Waals surface area contributed by atoms with E-state index in [9.17, 15) is 0 Å². The summed E-state index contributed by atoms with van der Waals surface area (Å²) >= 11 is 0. The van der Waals surface area contributed by atoms with Crippen LogP contribution in [0.1, 0.15) is 13.8 Å². The lowest BCUT2D eigenvalue weighted by molar-refractivity contribution is 0.372. The molecule has 0 atom stereocenters. The van der Waals surface area contributed by atoms with Crippen molar-refractivity contribution >= 4 is 5.69 Å². The molecule has 2 heteroatoms. The Morgan fingerprint density at radius 1 is 1.27 bits per heavy atom. The molecule has 0 spiro atoms. The normalized spacial score (nSPS) is 11.8. The largest absolute Gasteiger partial charge is 0.471 e. The van der Waals surface area contributed by atoms with Gasteiger partial charge in [-0.05, 0) is 12.1 Å². The SMILES string of the molecule is CC.c1ccc2c(c1)NCO2. The molecule has 0 bridgehead atoms. The third-order valence-corrected chi connectivity index (χ3v) is 1.38. The molecule has 2 nitrogen and oxygen atoms in total. The maximum atomic E-state index is 5.19. The van der Waals surface area contributed by atoms with Crippen molar-refractivity contribution < 1.29 is 4.74 Å². The molecule has 1 aliphatic rings. The molecule has 1 N–H and O–H groups in total. The average molecular weight is 151 g/mol. The topological polar surface area (TPSA) is 21.3 Å². The van der Waals surface area contributed by atoms with Gasteiger partial charge in [0, 0.05) is 0 Å². The number of rotatable bonds is 0. The van der Waals surface area contributed by atoms with E-state index in [-0.39, 0.29) is 0 Å². The fraction of sp³-hybridized carbons (Fsp3) is 0.333. The summed E-state index contributed by atoms with van der Waals surface area (Å²) in [5.74, 6) is 0.956. The number of anilines is 1. The second-order valence-corrected chi connectivity index (χ2v) is 1.96. The quantitative estimate of drug-likeness (QED) is 0.615. The summed E-state index contributed by atoms with van der Waals surface area (Å²) in [7, 11) is 0. The summed E-state index contributed by atoms with van der Waals surface area (Å²) in [6, 6.07) is 7.91. The van der Waals surface area contributed by atoms with Crippen molar-refractivity contribution in [1.29, 1.82) is 0 Å². The van der Waals surface area contributed by atoms with Crippen molar-refractivity contribution in [1.82, 2.24) is 0 Å². The summed E-state index contributed by atoms with van der Waals surface area (Å²) in [6.07, 6.45) is 0.